The van der Waals surface area contributed by atoms with E-state index in [-0.39, 0.29) is 43.2 Å². The van der Waals surface area contributed by atoms with Crippen molar-refractivity contribution >= 4 is 42.3 Å². The zero-order valence-corrected chi connectivity index (χ0v) is 16.6. The smallest absolute Gasteiger partial charge is 0.258 e. The molecule has 0 bridgehead atoms. The minimum absolute atomic E-state index is 0. The summed E-state index contributed by atoms with van der Waals surface area (Å²) in [6.07, 6.45) is 1.38. The van der Waals surface area contributed by atoms with E-state index in [4.69, 9.17) is 10.2 Å². The van der Waals surface area contributed by atoms with Crippen LogP contribution in [0.1, 0.15) is 26.5 Å². The minimum Gasteiger partial charge on any atom is -0.467 e. The average Bonchev–Trinajstić information content (AvgIpc) is 3.12. The van der Waals surface area contributed by atoms with Crippen LogP contribution in [0.15, 0.2) is 41.0 Å². The average molecular weight is 415 g/mol. The van der Waals surface area contributed by atoms with Gasteiger partial charge in [0.2, 0.25) is 0 Å². The topological polar surface area (TPSA) is 91.8 Å². The summed E-state index contributed by atoms with van der Waals surface area (Å²) in [7, 11) is 2.05. The van der Waals surface area contributed by atoms with Gasteiger partial charge in [0.05, 0.1) is 12.1 Å². The van der Waals surface area contributed by atoms with E-state index in [0.717, 1.165) is 26.2 Å². The molecule has 1 aliphatic rings. The molecule has 0 spiro atoms. The Labute approximate surface area is 170 Å². The summed E-state index contributed by atoms with van der Waals surface area (Å²) in [6, 6.07) is 8.53. The third kappa shape index (κ3) is 5.71. The van der Waals surface area contributed by atoms with Gasteiger partial charge in [-0.25, -0.2) is 0 Å². The number of nitrogens with one attached hydrogen (secondary N) is 1. The Hall–Kier alpha value is -2.06. The Bertz CT molecular complexity index is 756. The molecule has 7 nitrogen and oxygen atoms in total. The number of halogens is 2. The van der Waals surface area contributed by atoms with E-state index in [1.54, 1.807) is 30.3 Å². The number of carbonyl (C=O) groups is 2. The molecule has 1 aromatic carbocycles. The van der Waals surface area contributed by atoms with Gasteiger partial charge in [0.1, 0.15) is 12.0 Å². The van der Waals surface area contributed by atoms with Crippen LogP contribution in [-0.4, -0.2) is 54.8 Å². The summed E-state index contributed by atoms with van der Waals surface area (Å²) in [6.45, 7) is 3.48. The van der Waals surface area contributed by atoms with E-state index in [1.165, 1.54) is 6.26 Å². The Balaban J connectivity index is 0.00000182. The fourth-order valence-electron chi connectivity index (χ4n) is 2.70. The Morgan fingerprint density at radius 3 is 2.26 bits per heavy atom. The summed E-state index contributed by atoms with van der Waals surface area (Å²) in [5, 5.41) is 2.78. The molecule has 2 heterocycles. The van der Waals surface area contributed by atoms with Crippen LogP contribution in [0.5, 0.6) is 0 Å². The third-order valence-corrected chi connectivity index (χ3v) is 4.30. The van der Waals surface area contributed by atoms with E-state index in [2.05, 4.69) is 17.3 Å². The van der Waals surface area contributed by atoms with Gasteiger partial charge in [-0.15, -0.1) is 24.8 Å². The van der Waals surface area contributed by atoms with Gasteiger partial charge in [-0.1, -0.05) is 0 Å². The van der Waals surface area contributed by atoms with Crippen LogP contribution in [0, 0.1) is 0 Å². The van der Waals surface area contributed by atoms with Gasteiger partial charge in [-0.2, -0.15) is 0 Å². The van der Waals surface area contributed by atoms with Gasteiger partial charge < -0.3 is 25.3 Å². The number of nitrogens with two attached hydrogens (primary N) is 1. The number of carbonyl (C=O) groups excluding carboxylic acids is 2. The zero-order chi connectivity index (χ0) is 17.8. The lowest BCUT2D eigenvalue weighted by Gasteiger charge is -2.32. The quantitative estimate of drug-likeness (QED) is 0.799. The van der Waals surface area contributed by atoms with Crippen molar-refractivity contribution in [1.29, 1.82) is 0 Å². The first-order chi connectivity index (χ1) is 12.1. The van der Waals surface area contributed by atoms with Crippen molar-refractivity contribution < 1.29 is 14.0 Å². The predicted molar refractivity (Wildman–Crippen MR) is 109 cm³/mol. The summed E-state index contributed by atoms with van der Waals surface area (Å²) < 4.78 is 5.16. The molecule has 3 rings (SSSR count). The van der Waals surface area contributed by atoms with Crippen LogP contribution in [0.2, 0.25) is 0 Å². The lowest BCUT2D eigenvalue weighted by atomic mass is 10.1. The second-order valence-electron chi connectivity index (χ2n) is 6.13. The molecule has 3 N–H and O–H groups in total. The molecule has 0 radical (unpaired) electrons. The Morgan fingerprint density at radius 1 is 1.07 bits per heavy atom. The van der Waals surface area contributed by atoms with Crippen molar-refractivity contribution in [3.8, 4) is 0 Å². The normalized spacial score (nSPS) is 14.1. The molecule has 9 heteroatoms. The minimum atomic E-state index is -0.276. The highest BCUT2D eigenvalue weighted by atomic mass is 35.5. The van der Waals surface area contributed by atoms with Gasteiger partial charge in [0, 0.05) is 37.4 Å². The van der Waals surface area contributed by atoms with Gasteiger partial charge in [0.25, 0.3) is 11.8 Å². The van der Waals surface area contributed by atoms with Gasteiger partial charge in [-0.3, -0.25) is 9.59 Å². The number of nitrogens with zero attached hydrogens (tertiary/aromatic N) is 2. The maximum absolute atomic E-state index is 12.5. The SMILES string of the molecule is CN1CCN(C(=O)c2ccc(NC(=O)c3coc(CN)c3)cc2)CC1.Cl.Cl. The van der Waals surface area contributed by atoms with Crippen LogP contribution < -0.4 is 11.1 Å². The molecule has 2 amide bonds. The molecule has 1 fully saturated rings. The maximum atomic E-state index is 12.5. The van der Waals surface area contributed by atoms with E-state index in [1.807, 2.05) is 4.90 Å². The number of rotatable bonds is 4. The Kier molecular flexibility index (Phi) is 8.78. The first-order valence-electron chi connectivity index (χ1n) is 8.23. The van der Waals surface area contributed by atoms with Crippen LogP contribution in [0.4, 0.5) is 5.69 Å². The van der Waals surface area contributed by atoms with Gasteiger partial charge in [0.15, 0.2) is 0 Å². The van der Waals surface area contributed by atoms with E-state index in [9.17, 15) is 9.59 Å². The van der Waals surface area contributed by atoms with E-state index < -0.39 is 0 Å². The van der Waals surface area contributed by atoms with Crippen molar-refractivity contribution in [3.05, 3.63) is 53.5 Å². The molecule has 148 valence electrons. The number of benzene rings is 1. The summed E-state index contributed by atoms with van der Waals surface area (Å²) in [5.41, 5.74) is 7.12. The highest BCUT2D eigenvalue weighted by Gasteiger charge is 2.20. The van der Waals surface area contributed by atoms with Crippen molar-refractivity contribution in [2.45, 2.75) is 6.54 Å². The molecule has 27 heavy (non-hydrogen) atoms. The number of piperazine rings is 1. The number of likely N-dealkylation sites (N-methyl/N-ethyl adjacent to an activating group) is 1. The summed E-state index contributed by atoms with van der Waals surface area (Å²) in [5.74, 6) is 0.299. The third-order valence-electron chi connectivity index (χ3n) is 4.30. The second-order valence-corrected chi connectivity index (χ2v) is 6.13. The lowest BCUT2D eigenvalue weighted by molar-refractivity contribution is 0.0664. The molecular weight excluding hydrogens is 391 g/mol. The molecule has 0 saturated carbocycles. The zero-order valence-electron chi connectivity index (χ0n) is 15.0. The van der Waals surface area contributed by atoms with Crippen molar-refractivity contribution in [2.75, 3.05) is 38.5 Å². The van der Waals surface area contributed by atoms with Crippen molar-refractivity contribution in [3.63, 3.8) is 0 Å². The van der Waals surface area contributed by atoms with Crippen LogP contribution in [0.25, 0.3) is 0 Å². The van der Waals surface area contributed by atoms with Crippen molar-refractivity contribution in [2.24, 2.45) is 5.73 Å². The number of anilines is 1. The first-order valence-corrected chi connectivity index (χ1v) is 8.23. The summed E-state index contributed by atoms with van der Waals surface area (Å²) >= 11 is 0. The molecule has 0 atom stereocenters. The number of hydrogen-bond donors (Lipinski definition) is 2. The molecule has 1 saturated heterocycles. The molecule has 0 unspecified atom stereocenters. The van der Waals surface area contributed by atoms with Crippen LogP contribution in [-0.2, 0) is 6.54 Å². The standard InChI is InChI=1S/C18H22N4O3.2ClH/c1-21-6-8-22(9-7-21)18(24)13-2-4-15(5-3-13)20-17(23)14-10-16(11-19)25-12-14;;/h2-5,10,12H,6-9,11,19H2,1H3,(H,20,23);2*1H. The van der Waals surface area contributed by atoms with E-state index in [0.29, 0.717) is 22.6 Å². The highest BCUT2D eigenvalue weighted by Crippen LogP contribution is 2.15. The van der Waals surface area contributed by atoms with Crippen molar-refractivity contribution in [1.82, 2.24) is 9.80 Å². The Morgan fingerprint density at radius 2 is 1.70 bits per heavy atom. The number of amides is 2. The second kappa shape index (κ2) is 10.3. The monoisotopic (exact) mass is 414 g/mol. The highest BCUT2D eigenvalue weighted by molar-refractivity contribution is 6.04. The number of furan rings is 1. The largest absolute Gasteiger partial charge is 0.467 e. The molecule has 1 aromatic heterocycles. The molecule has 0 aliphatic carbocycles. The molecule has 2 aromatic rings. The van der Waals surface area contributed by atoms with E-state index >= 15 is 0 Å². The van der Waals surface area contributed by atoms with Gasteiger partial charge in [-0.05, 0) is 37.4 Å². The molecular formula is C18H24Cl2N4O3. The van der Waals surface area contributed by atoms with Crippen LogP contribution in [0.3, 0.4) is 0 Å². The lowest BCUT2D eigenvalue weighted by Crippen LogP contribution is -2.47. The van der Waals surface area contributed by atoms with Gasteiger partial charge >= 0.3 is 0 Å². The fraction of sp³-hybridized carbons (Fsp3) is 0.333. The number of hydrogen-bond acceptors (Lipinski definition) is 5. The molecule has 1 aliphatic heterocycles. The summed E-state index contributed by atoms with van der Waals surface area (Å²) in [4.78, 5) is 28.7. The first kappa shape index (κ1) is 23.0. The van der Waals surface area contributed by atoms with Crippen LogP contribution >= 0.6 is 24.8 Å². The predicted octanol–water partition coefficient (Wildman–Crippen LogP) is 2.22. The fourth-order valence-corrected chi connectivity index (χ4v) is 2.70. The maximum Gasteiger partial charge on any atom is 0.258 e.